The van der Waals surface area contributed by atoms with Crippen molar-refractivity contribution in [3.63, 3.8) is 0 Å². The van der Waals surface area contributed by atoms with E-state index in [0.29, 0.717) is 0 Å². The molecule has 0 bridgehead atoms. The summed E-state index contributed by atoms with van der Waals surface area (Å²) in [5.41, 5.74) is 0. The quantitative estimate of drug-likeness (QED) is 0.426. The molecular weight excluding hydrogens is 231 g/mol. The lowest BCUT2D eigenvalue weighted by Crippen LogP contribution is -1.98. The van der Waals surface area contributed by atoms with Gasteiger partial charge in [-0.2, -0.15) is 0 Å². The highest BCUT2D eigenvalue weighted by Crippen LogP contribution is 2.18. The molecule has 0 fully saturated rings. The first-order chi connectivity index (χ1) is 6.51. The number of methoxy groups -OCH3 is 2. The van der Waals surface area contributed by atoms with E-state index in [2.05, 4.69) is 9.47 Å². The maximum Gasteiger partial charge on any atom is 0.332 e. The van der Waals surface area contributed by atoms with Gasteiger partial charge in [-0.1, -0.05) is 23.2 Å². The number of hydrogen-bond donors (Lipinski definition) is 0. The van der Waals surface area contributed by atoms with Crippen molar-refractivity contribution >= 4 is 35.1 Å². The average Bonchev–Trinajstić information content (AvgIpc) is 2.17. The number of carbonyl (C=O) groups excluding carboxylic acids is 2. The lowest BCUT2D eigenvalue weighted by atomic mass is 10.4. The molecule has 0 saturated carbocycles. The largest absolute Gasteiger partial charge is 0.466 e. The third kappa shape index (κ3) is 4.89. The van der Waals surface area contributed by atoms with E-state index in [-0.39, 0.29) is 10.1 Å². The Hall–Kier alpha value is -1.00. The molecule has 0 heterocycles. The Balaban J connectivity index is 4.61. The molecular formula is C8H8Cl2O4. The monoisotopic (exact) mass is 238 g/mol. The van der Waals surface area contributed by atoms with E-state index in [0.717, 1.165) is 12.2 Å². The summed E-state index contributed by atoms with van der Waals surface area (Å²) in [4.78, 5) is 21.4. The molecule has 0 rings (SSSR count). The molecule has 14 heavy (non-hydrogen) atoms. The molecule has 0 aliphatic rings. The van der Waals surface area contributed by atoms with Gasteiger partial charge in [0.1, 0.15) is 0 Å². The van der Waals surface area contributed by atoms with Crippen molar-refractivity contribution in [2.24, 2.45) is 0 Å². The van der Waals surface area contributed by atoms with Gasteiger partial charge in [-0.15, -0.1) is 0 Å². The average molecular weight is 239 g/mol. The van der Waals surface area contributed by atoms with Gasteiger partial charge in [0.2, 0.25) is 0 Å². The number of esters is 2. The zero-order chi connectivity index (χ0) is 11.1. The fraction of sp³-hybridized carbons (Fsp3) is 0.250. The highest BCUT2D eigenvalue weighted by atomic mass is 35.5. The van der Waals surface area contributed by atoms with E-state index in [1.165, 1.54) is 14.2 Å². The molecule has 0 aromatic heterocycles. The number of hydrogen-bond acceptors (Lipinski definition) is 4. The molecule has 6 heteroatoms. The van der Waals surface area contributed by atoms with Gasteiger partial charge in [-0.05, 0) is 0 Å². The second-order valence-corrected chi connectivity index (χ2v) is 2.85. The van der Waals surface area contributed by atoms with Crippen molar-refractivity contribution in [2.75, 3.05) is 14.2 Å². The molecule has 0 aliphatic carbocycles. The molecule has 0 aliphatic heterocycles. The maximum atomic E-state index is 10.7. The minimum absolute atomic E-state index is 0.0936. The Labute approximate surface area is 91.1 Å². The van der Waals surface area contributed by atoms with Crippen LogP contribution in [0.3, 0.4) is 0 Å². The van der Waals surface area contributed by atoms with E-state index >= 15 is 0 Å². The van der Waals surface area contributed by atoms with E-state index in [1.54, 1.807) is 0 Å². The minimum atomic E-state index is -0.661. The van der Waals surface area contributed by atoms with E-state index in [4.69, 9.17) is 23.2 Å². The molecule has 0 aromatic carbocycles. The van der Waals surface area contributed by atoms with E-state index in [1.807, 2.05) is 0 Å². The SMILES string of the molecule is COC(=O)/C=C(Cl)\C(Cl)=C/C(=O)OC. The Morgan fingerprint density at radius 1 is 0.929 bits per heavy atom. The third-order valence-electron chi connectivity index (χ3n) is 1.12. The normalized spacial score (nSPS) is 12.3. The van der Waals surface area contributed by atoms with Gasteiger partial charge in [0.05, 0.1) is 24.3 Å². The summed E-state index contributed by atoms with van der Waals surface area (Å²) >= 11 is 11.1. The van der Waals surface area contributed by atoms with Crippen molar-refractivity contribution in [2.45, 2.75) is 0 Å². The molecule has 0 unspecified atom stereocenters. The van der Waals surface area contributed by atoms with Gasteiger partial charge in [0, 0.05) is 12.2 Å². The molecule has 4 nitrogen and oxygen atoms in total. The molecule has 0 N–H and O–H groups in total. The predicted octanol–water partition coefficient (Wildman–Crippen LogP) is 1.58. The van der Waals surface area contributed by atoms with Crippen LogP contribution < -0.4 is 0 Å². The van der Waals surface area contributed by atoms with Crippen LogP contribution >= 0.6 is 23.2 Å². The molecule has 0 spiro atoms. The highest BCUT2D eigenvalue weighted by molar-refractivity contribution is 6.45. The third-order valence-corrected chi connectivity index (χ3v) is 1.84. The summed E-state index contributed by atoms with van der Waals surface area (Å²) in [5.74, 6) is -1.32. The fourth-order valence-electron chi connectivity index (χ4n) is 0.463. The van der Waals surface area contributed by atoms with Gasteiger partial charge >= 0.3 is 11.9 Å². The van der Waals surface area contributed by atoms with Gasteiger partial charge < -0.3 is 9.47 Å². The summed E-state index contributed by atoms with van der Waals surface area (Å²) in [6.07, 6.45) is 1.90. The second-order valence-electron chi connectivity index (χ2n) is 2.03. The van der Waals surface area contributed by atoms with Crippen LogP contribution in [-0.2, 0) is 19.1 Å². The zero-order valence-electron chi connectivity index (χ0n) is 7.54. The topological polar surface area (TPSA) is 52.6 Å². The molecule has 0 amide bonds. The van der Waals surface area contributed by atoms with E-state index < -0.39 is 11.9 Å². The number of ether oxygens (including phenoxy) is 2. The summed E-state index contributed by atoms with van der Waals surface area (Å²) in [6.45, 7) is 0. The highest BCUT2D eigenvalue weighted by Gasteiger charge is 2.05. The Kier molecular flexibility index (Phi) is 5.99. The van der Waals surface area contributed by atoms with Gasteiger partial charge in [-0.3, -0.25) is 0 Å². The molecule has 0 saturated heterocycles. The zero-order valence-corrected chi connectivity index (χ0v) is 9.06. The smallest absolute Gasteiger partial charge is 0.332 e. The van der Waals surface area contributed by atoms with Crippen molar-refractivity contribution in [1.29, 1.82) is 0 Å². The first-order valence-corrected chi connectivity index (χ1v) is 4.17. The lowest BCUT2D eigenvalue weighted by molar-refractivity contribution is -0.135. The van der Waals surface area contributed by atoms with E-state index in [9.17, 15) is 9.59 Å². The first kappa shape index (κ1) is 13.0. The summed E-state index contributed by atoms with van der Waals surface area (Å²) < 4.78 is 8.60. The summed E-state index contributed by atoms with van der Waals surface area (Å²) in [6, 6.07) is 0. The van der Waals surface area contributed by atoms with Crippen molar-refractivity contribution in [3.05, 3.63) is 22.2 Å². The predicted molar refractivity (Wildman–Crippen MR) is 51.9 cm³/mol. The Bertz CT molecular complexity index is 264. The first-order valence-electron chi connectivity index (χ1n) is 3.42. The van der Waals surface area contributed by atoms with Gasteiger partial charge in [0.25, 0.3) is 0 Å². The number of halogens is 2. The Morgan fingerprint density at radius 3 is 1.43 bits per heavy atom. The maximum absolute atomic E-state index is 10.7. The van der Waals surface area contributed by atoms with Crippen LogP contribution in [0.15, 0.2) is 22.2 Å². The van der Waals surface area contributed by atoms with Crippen LogP contribution in [0.4, 0.5) is 0 Å². The van der Waals surface area contributed by atoms with Gasteiger partial charge in [0.15, 0.2) is 0 Å². The van der Waals surface area contributed by atoms with Crippen LogP contribution in [0.1, 0.15) is 0 Å². The lowest BCUT2D eigenvalue weighted by Gasteiger charge is -1.96. The molecule has 0 aromatic rings. The van der Waals surface area contributed by atoms with Crippen molar-refractivity contribution in [3.8, 4) is 0 Å². The van der Waals surface area contributed by atoms with Crippen molar-refractivity contribution in [1.82, 2.24) is 0 Å². The van der Waals surface area contributed by atoms with Crippen LogP contribution in [0.5, 0.6) is 0 Å². The van der Waals surface area contributed by atoms with Crippen molar-refractivity contribution < 1.29 is 19.1 Å². The summed E-state index contributed by atoms with van der Waals surface area (Å²) in [7, 11) is 2.39. The van der Waals surface area contributed by atoms with Crippen LogP contribution in [0.2, 0.25) is 0 Å². The minimum Gasteiger partial charge on any atom is -0.466 e. The second kappa shape index (κ2) is 6.45. The number of allylic oxidation sites excluding steroid dienone is 2. The fourth-order valence-corrected chi connectivity index (χ4v) is 0.750. The number of carbonyl (C=O) groups is 2. The standard InChI is InChI=1S/C8H8Cl2O4/c1-13-7(11)3-5(9)6(10)4-8(12)14-2/h3-4H,1-2H3/b5-3+,6-4+. The van der Waals surface area contributed by atoms with Crippen LogP contribution in [-0.4, -0.2) is 26.2 Å². The van der Waals surface area contributed by atoms with Crippen LogP contribution in [0, 0.1) is 0 Å². The van der Waals surface area contributed by atoms with Crippen LogP contribution in [0.25, 0.3) is 0 Å². The molecule has 0 atom stereocenters. The molecule has 0 radical (unpaired) electrons. The number of rotatable bonds is 3. The summed E-state index contributed by atoms with van der Waals surface area (Å²) in [5, 5.41) is -0.187. The Morgan fingerprint density at radius 2 is 1.21 bits per heavy atom. The van der Waals surface area contributed by atoms with Gasteiger partial charge in [-0.25, -0.2) is 9.59 Å². The molecule has 78 valence electrons.